The minimum atomic E-state index is 0.539. The molecule has 29 heavy (non-hydrogen) atoms. The Kier molecular flexibility index (Phi) is 5.67. The molecule has 0 unspecified atom stereocenters. The molecule has 0 spiro atoms. The summed E-state index contributed by atoms with van der Waals surface area (Å²) in [6.07, 6.45) is 1.74. The van der Waals surface area contributed by atoms with E-state index in [4.69, 9.17) is 9.47 Å². The fourth-order valence-corrected chi connectivity index (χ4v) is 2.85. The smallest absolute Gasteiger partial charge is 0.227 e. The number of aromatic nitrogens is 2. The molecule has 0 saturated carbocycles. The molecule has 4 aromatic rings. The first-order chi connectivity index (χ1) is 14.3. The zero-order valence-corrected chi connectivity index (χ0v) is 16.1. The summed E-state index contributed by atoms with van der Waals surface area (Å²) in [7, 11) is 1.65. The van der Waals surface area contributed by atoms with Crippen molar-refractivity contribution in [3.63, 3.8) is 0 Å². The third kappa shape index (κ3) is 4.90. The lowest BCUT2D eigenvalue weighted by atomic mass is 10.1. The van der Waals surface area contributed by atoms with Crippen LogP contribution in [0.1, 0.15) is 5.56 Å². The van der Waals surface area contributed by atoms with Gasteiger partial charge < -0.3 is 14.8 Å². The first-order valence-electron chi connectivity index (χ1n) is 9.31. The summed E-state index contributed by atoms with van der Waals surface area (Å²) in [6, 6.07) is 27.5. The van der Waals surface area contributed by atoms with E-state index < -0.39 is 0 Å². The molecule has 0 radical (unpaired) electrons. The monoisotopic (exact) mass is 383 g/mol. The molecule has 0 aliphatic heterocycles. The van der Waals surface area contributed by atoms with Gasteiger partial charge in [-0.25, -0.2) is 9.97 Å². The predicted molar refractivity (Wildman–Crippen MR) is 115 cm³/mol. The highest BCUT2D eigenvalue weighted by Crippen LogP contribution is 2.23. The summed E-state index contributed by atoms with van der Waals surface area (Å²) in [5.41, 5.74) is 3.87. The quantitative estimate of drug-likeness (QED) is 0.458. The van der Waals surface area contributed by atoms with Crippen LogP contribution in [0.2, 0.25) is 0 Å². The molecule has 144 valence electrons. The van der Waals surface area contributed by atoms with Gasteiger partial charge in [0.1, 0.15) is 18.1 Å². The van der Waals surface area contributed by atoms with E-state index in [9.17, 15) is 0 Å². The molecule has 1 heterocycles. The predicted octanol–water partition coefficient (Wildman–Crippen LogP) is 5.47. The van der Waals surface area contributed by atoms with Crippen molar-refractivity contribution in [1.82, 2.24) is 9.97 Å². The second-order valence-electron chi connectivity index (χ2n) is 6.42. The molecule has 3 aromatic carbocycles. The Bertz CT molecular complexity index is 1050. The third-order valence-corrected chi connectivity index (χ3v) is 4.40. The number of hydrogen-bond acceptors (Lipinski definition) is 5. The number of benzene rings is 3. The Labute approximate surface area is 170 Å². The van der Waals surface area contributed by atoms with Crippen LogP contribution in [0, 0.1) is 0 Å². The molecule has 5 heteroatoms. The van der Waals surface area contributed by atoms with Gasteiger partial charge in [-0.3, -0.25) is 0 Å². The molecule has 0 saturated heterocycles. The number of anilines is 2. The van der Waals surface area contributed by atoms with Gasteiger partial charge >= 0.3 is 0 Å². The normalized spacial score (nSPS) is 10.4. The van der Waals surface area contributed by atoms with E-state index >= 15 is 0 Å². The van der Waals surface area contributed by atoms with Gasteiger partial charge in [0.25, 0.3) is 0 Å². The molecular weight excluding hydrogens is 362 g/mol. The van der Waals surface area contributed by atoms with E-state index in [1.807, 2.05) is 84.9 Å². The van der Waals surface area contributed by atoms with Crippen molar-refractivity contribution in [2.24, 2.45) is 0 Å². The number of ether oxygens (including phenoxy) is 2. The van der Waals surface area contributed by atoms with E-state index in [1.54, 1.807) is 13.3 Å². The zero-order valence-electron chi connectivity index (χ0n) is 16.1. The highest BCUT2D eigenvalue weighted by Gasteiger charge is 2.04. The van der Waals surface area contributed by atoms with E-state index in [0.717, 1.165) is 34.0 Å². The molecule has 0 aliphatic rings. The second kappa shape index (κ2) is 8.89. The van der Waals surface area contributed by atoms with Gasteiger partial charge in [0.2, 0.25) is 5.95 Å². The molecule has 0 fully saturated rings. The molecule has 0 amide bonds. The largest absolute Gasteiger partial charge is 0.497 e. The minimum absolute atomic E-state index is 0.539. The van der Waals surface area contributed by atoms with E-state index in [0.29, 0.717) is 12.6 Å². The van der Waals surface area contributed by atoms with Crippen LogP contribution in [-0.4, -0.2) is 17.1 Å². The Morgan fingerprint density at radius 3 is 2.24 bits per heavy atom. The molecule has 5 nitrogen and oxygen atoms in total. The van der Waals surface area contributed by atoms with Gasteiger partial charge in [0.05, 0.1) is 12.8 Å². The van der Waals surface area contributed by atoms with E-state index in [-0.39, 0.29) is 0 Å². The lowest BCUT2D eigenvalue weighted by molar-refractivity contribution is 0.306. The molecule has 0 bridgehead atoms. The lowest BCUT2D eigenvalue weighted by Crippen LogP contribution is -1.98. The maximum atomic E-state index is 5.85. The minimum Gasteiger partial charge on any atom is -0.497 e. The van der Waals surface area contributed by atoms with E-state index in [1.165, 1.54) is 0 Å². The SMILES string of the molecule is COc1ccc(Nc2nccc(-c3ccc(OCc4ccccc4)cc3)n2)cc1. The van der Waals surface area contributed by atoms with Gasteiger partial charge in [-0.1, -0.05) is 30.3 Å². The highest BCUT2D eigenvalue weighted by molar-refractivity contribution is 5.63. The number of methoxy groups -OCH3 is 1. The van der Waals surface area contributed by atoms with Crippen molar-refractivity contribution in [2.45, 2.75) is 6.61 Å². The lowest BCUT2D eigenvalue weighted by Gasteiger charge is -2.09. The molecular formula is C24H21N3O2. The van der Waals surface area contributed by atoms with Crippen LogP contribution < -0.4 is 14.8 Å². The summed E-state index contributed by atoms with van der Waals surface area (Å²) in [4.78, 5) is 8.91. The molecule has 1 N–H and O–H groups in total. The van der Waals surface area contributed by atoms with Crippen LogP contribution in [0.3, 0.4) is 0 Å². The first kappa shape index (κ1) is 18.5. The summed E-state index contributed by atoms with van der Waals surface area (Å²) in [6.45, 7) is 0.545. The average molecular weight is 383 g/mol. The van der Waals surface area contributed by atoms with E-state index in [2.05, 4.69) is 15.3 Å². The third-order valence-electron chi connectivity index (χ3n) is 4.40. The maximum Gasteiger partial charge on any atom is 0.227 e. The summed E-state index contributed by atoms with van der Waals surface area (Å²) < 4.78 is 11.0. The topological polar surface area (TPSA) is 56.3 Å². The zero-order chi connectivity index (χ0) is 19.9. The van der Waals surface area contributed by atoms with Crippen molar-refractivity contribution in [2.75, 3.05) is 12.4 Å². The summed E-state index contributed by atoms with van der Waals surface area (Å²) in [5.74, 6) is 2.17. The maximum absolute atomic E-state index is 5.85. The number of rotatable bonds is 7. The molecule has 4 rings (SSSR count). The second-order valence-corrected chi connectivity index (χ2v) is 6.42. The Balaban J connectivity index is 1.43. The Hall–Kier alpha value is -3.86. The highest BCUT2D eigenvalue weighted by atomic mass is 16.5. The van der Waals surface area contributed by atoms with Gasteiger partial charge in [0, 0.05) is 17.4 Å². The molecule has 0 atom stereocenters. The van der Waals surface area contributed by atoms with Gasteiger partial charge in [-0.2, -0.15) is 0 Å². The Morgan fingerprint density at radius 2 is 1.52 bits per heavy atom. The van der Waals surface area contributed by atoms with Crippen molar-refractivity contribution >= 4 is 11.6 Å². The van der Waals surface area contributed by atoms with Crippen molar-refractivity contribution < 1.29 is 9.47 Å². The number of hydrogen-bond donors (Lipinski definition) is 1. The van der Waals surface area contributed by atoms with Crippen molar-refractivity contribution in [1.29, 1.82) is 0 Å². The molecule has 1 aromatic heterocycles. The van der Waals surface area contributed by atoms with Crippen LogP contribution in [0.5, 0.6) is 11.5 Å². The average Bonchev–Trinajstić information content (AvgIpc) is 2.79. The van der Waals surface area contributed by atoms with Gasteiger partial charge in [0.15, 0.2) is 0 Å². The van der Waals surface area contributed by atoms with Crippen LogP contribution in [0.15, 0.2) is 91.1 Å². The number of nitrogens with zero attached hydrogens (tertiary/aromatic N) is 2. The van der Waals surface area contributed by atoms with Gasteiger partial charge in [-0.15, -0.1) is 0 Å². The number of nitrogens with one attached hydrogen (secondary N) is 1. The molecule has 0 aliphatic carbocycles. The van der Waals surface area contributed by atoms with Crippen molar-refractivity contribution in [3.05, 3.63) is 96.7 Å². The fraction of sp³-hybridized carbons (Fsp3) is 0.0833. The fourth-order valence-electron chi connectivity index (χ4n) is 2.85. The van der Waals surface area contributed by atoms with Crippen LogP contribution in [0.4, 0.5) is 11.6 Å². The van der Waals surface area contributed by atoms with Crippen LogP contribution >= 0.6 is 0 Å². The first-order valence-corrected chi connectivity index (χ1v) is 9.31. The van der Waals surface area contributed by atoms with Crippen LogP contribution in [-0.2, 0) is 6.61 Å². The van der Waals surface area contributed by atoms with Gasteiger partial charge in [-0.05, 0) is 60.2 Å². The van der Waals surface area contributed by atoms with Crippen molar-refractivity contribution in [3.8, 4) is 22.8 Å². The standard InChI is InChI=1S/C24H21N3O2/c1-28-21-13-9-20(10-14-21)26-24-25-16-15-23(27-24)19-7-11-22(12-8-19)29-17-18-5-3-2-4-6-18/h2-16H,17H2,1H3,(H,25,26,27). The van der Waals surface area contributed by atoms with Crippen LogP contribution in [0.25, 0.3) is 11.3 Å². The summed E-state index contributed by atoms with van der Waals surface area (Å²) >= 11 is 0. The summed E-state index contributed by atoms with van der Waals surface area (Å²) in [5, 5.41) is 3.21. The Morgan fingerprint density at radius 1 is 0.793 bits per heavy atom.